The first-order valence-corrected chi connectivity index (χ1v) is 6.00. The van der Waals surface area contributed by atoms with E-state index in [0.29, 0.717) is 18.9 Å². The van der Waals surface area contributed by atoms with Crippen LogP contribution in [0, 0.1) is 0 Å². The van der Waals surface area contributed by atoms with Gasteiger partial charge < -0.3 is 19.5 Å². The third-order valence-electron chi connectivity index (χ3n) is 2.36. The third kappa shape index (κ3) is 4.91. The Kier molecular flexibility index (Phi) is 6.29. The summed E-state index contributed by atoms with van der Waals surface area (Å²) in [6, 6.07) is 5.46. The van der Waals surface area contributed by atoms with Crippen molar-refractivity contribution in [3.8, 4) is 11.5 Å². The van der Waals surface area contributed by atoms with Crippen LogP contribution >= 0.6 is 0 Å². The van der Waals surface area contributed by atoms with Crippen molar-refractivity contribution in [3.63, 3.8) is 0 Å². The zero-order valence-electron chi connectivity index (χ0n) is 11.4. The maximum Gasteiger partial charge on any atom is 0.330 e. The third-order valence-corrected chi connectivity index (χ3v) is 2.36. The Morgan fingerprint density at radius 1 is 1.32 bits per heavy atom. The molecule has 0 spiro atoms. The molecule has 19 heavy (non-hydrogen) atoms. The molecule has 0 amide bonds. The van der Waals surface area contributed by atoms with E-state index in [1.807, 2.05) is 18.2 Å². The lowest BCUT2D eigenvalue weighted by atomic mass is 10.2. The molecular weight excluding hydrogens is 246 g/mol. The van der Waals surface area contributed by atoms with Gasteiger partial charge in [-0.15, -0.1) is 0 Å². The summed E-state index contributed by atoms with van der Waals surface area (Å²) in [6.07, 6.45) is 3.08. The van der Waals surface area contributed by atoms with Gasteiger partial charge in [-0.1, -0.05) is 6.08 Å². The van der Waals surface area contributed by atoms with Gasteiger partial charge in [0, 0.05) is 18.7 Å². The van der Waals surface area contributed by atoms with E-state index in [0.717, 1.165) is 11.4 Å². The molecule has 5 heteroatoms. The highest BCUT2D eigenvalue weighted by molar-refractivity contribution is 5.82. The van der Waals surface area contributed by atoms with Crippen LogP contribution in [0.1, 0.15) is 6.92 Å². The molecule has 5 nitrogen and oxygen atoms in total. The topological polar surface area (TPSA) is 56.8 Å². The minimum Gasteiger partial charge on any atom is -0.497 e. The quantitative estimate of drug-likeness (QED) is 0.605. The number of hydrogen-bond donors (Lipinski definition) is 1. The van der Waals surface area contributed by atoms with E-state index in [2.05, 4.69) is 5.32 Å². The first-order chi connectivity index (χ1) is 9.21. The highest BCUT2D eigenvalue weighted by Gasteiger charge is 2.03. The average molecular weight is 265 g/mol. The van der Waals surface area contributed by atoms with Gasteiger partial charge in [-0.05, 0) is 19.1 Å². The van der Waals surface area contributed by atoms with Crippen molar-refractivity contribution in [3.05, 3.63) is 30.4 Å². The number of benzene rings is 1. The molecule has 1 rings (SSSR count). The van der Waals surface area contributed by atoms with Crippen molar-refractivity contribution >= 4 is 11.7 Å². The Hall–Kier alpha value is -2.17. The van der Waals surface area contributed by atoms with Gasteiger partial charge in [0.15, 0.2) is 0 Å². The Bertz CT molecular complexity index is 443. The van der Waals surface area contributed by atoms with Crippen molar-refractivity contribution in [1.29, 1.82) is 0 Å². The van der Waals surface area contributed by atoms with Crippen LogP contribution in [0.4, 0.5) is 5.69 Å². The number of nitrogens with one attached hydrogen (secondary N) is 1. The molecule has 0 atom stereocenters. The van der Waals surface area contributed by atoms with Crippen LogP contribution in [0.5, 0.6) is 11.5 Å². The van der Waals surface area contributed by atoms with Crippen LogP contribution in [0.2, 0.25) is 0 Å². The van der Waals surface area contributed by atoms with Gasteiger partial charge in [-0.3, -0.25) is 0 Å². The number of hydrogen-bond acceptors (Lipinski definition) is 5. The van der Waals surface area contributed by atoms with Crippen molar-refractivity contribution in [1.82, 2.24) is 0 Å². The molecule has 0 fully saturated rings. The number of rotatable bonds is 7. The molecule has 0 aromatic heterocycles. The molecule has 1 aromatic rings. The molecule has 0 bridgehead atoms. The Balaban J connectivity index is 2.58. The predicted octanol–water partition coefficient (Wildman–Crippen LogP) is 2.24. The molecule has 0 aliphatic carbocycles. The summed E-state index contributed by atoms with van der Waals surface area (Å²) >= 11 is 0. The number of anilines is 1. The summed E-state index contributed by atoms with van der Waals surface area (Å²) in [7, 11) is 3.20. The monoisotopic (exact) mass is 265 g/mol. The zero-order valence-corrected chi connectivity index (χ0v) is 11.4. The molecule has 0 heterocycles. The zero-order chi connectivity index (χ0) is 14.1. The summed E-state index contributed by atoms with van der Waals surface area (Å²) in [4.78, 5) is 11.1. The van der Waals surface area contributed by atoms with Crippen LogP contribution in [-0.4, -0.2) is 33.3 Å². The molecule has 0 radical (unpaired) electrons. The minimum atomic E-state index is -0.345. The second-order valence-electron chi connectivity index (χ2n) is 3.60. The van der Waals surface area contributed by atoms with Crippen LogP contribution < -0.4 is 14.8 Å². The van der Waals surface area contributed by atoms with Crippen LogP contribution in [0.25, 0.3) is 0 Å². The fraction of sp³-hybridized carbons (Fsp3) is 0.357. The van der Waals surface area contributed by atoms with Gasteiger partial charge in [-0.25, -0.2) is 4.79 Å². The number of esters is 1. The fourth-order valence-electron chi connectivity index (χ4n) is 1.47. The standard InChI is InChI=1S/C14H19NO4/c1-4-19-14(16)6-5-9-15-12-10-11(17-2)7-8-13(12)18-3/h5-8,10,15H,4,9H2,1-3H3/b6-5+. The highest BCUT2D eigenvalue weighted by atomic mass is 16.5. The maximum absolute atomic E-state index is 11.1. The van der Waals surface area contributed by atoms with E-state index >= 15 is 0 Å². The smallest absolute Gasteiger partial charge is 0.330 e. The summed E-state index contributed by atoms with van der Waals surface area (Å²) in [5.74, 6) is 1.10. The van der Waals surface area contributed by atoms with Crippen molar-refractivity contribution in [2.24, 2.45) is 0 Å². The molecule has 0 aliphatic rings. The van der Waals surface area contributed by atoms with Crippen molar-refractivity contribution in [2.75, 3.05) is 32.7 Å². The van der Waals surface area contributed by atoms with E-state index in [-0.39, 0.29) is 5.97 Å². The molecule has 0 unspecified atom stereocenters. The SMILES string of the molecule is CCOC(=O)/C=C/CNc1cc(OC)ccc1OC. The second kappa shape index (κ2) is 8.02. The largest absolute Gasteiger partial charge is 0.497 e. The Labute approximate surface area is 113 Å². The van der Waals surface area contributed by atoms with Gasteiger partial charge in [0.05, 0.1) is 26.5 Å². The first-order valence-electron chi connectivity index (χ1n) is 6.00. The van der Waals surface area contributed by atoms with Crippen LogP contribution in [-0.2, 0) is 9.53 Å². The van der Waals surface area contributed by atoms with E-state index in [9.17, 15) is 4.79 Å². The molecule has 0 aliphatic heterocycles. The van der Waals surface area contributed by atoms with E-state index < -0.39 is 0 Å². The summed E-state index contributed by atoms with van der Waals surface area (Å²) in [6.45, 7) is 2.63. The normalized spacial score (nSPS) is 10.3. The fourth-order valence-corrected chi connectivity index (χ4v) is 1.47. The van der Waals surface area contributed by atoms with Crippen LogP contribution in [0.3, 0.4) is 0 Å². The molecule has 1 N–H and O–H groups in total. The van der Waals surface area contributed by atoms with Crippen molar-refractivity contribution < 1.29 is 19.0 Å². The van der Waals surface area contributed by atoms with Crippen LogP contribution in [0.15, 0.2) is 30.4 Å². The van der Waals surface area contributed by atoms with Gasteiger partial charge in [0.25, 0.3) is 0 Å². The number of carbonyl (C=O) groups excluding carboxylic acids is 1. The van der Waals surface area contributed by atoms with E-state index in [1.165, 1.54) is 6.08 Å². The summed E-state index contributed by atoms with van der Waals surface area (Å²) in [5.41, 5.74) is 0.801. The average Bonchev–Trinajstić information content (AvgIpc) is 2.43. The van der Waals surface area contributed by atoms with Crippen molar-refractivity contribution in [2.45, 2.75) is 6.92 Å². The number of methoxy groups -OCH3 is 2. The molecule has 0 saturated heterocycles. The Morgan fingerprint density at radius 2 is 2.11 bits per heavy atom. The Morgan fingerprint density at radius 3 is 2.74 bits per heavy atom. The second-order valence-corrected chi connectivity index (χ2v) is 3.60. The lowest BCUT2D eigenvalue weighted by Gasteiger charge is -2.11. The van der Waals surface area contributed by atoms with Gasteiger partial charge >= 0.3 is 5.97 Å². The molecule has 0 saturated carbocycles. The predicted molar refractivity (Wildman–Crippen MR) is 73.8 cm³/mol. The lowest BCUT2D eigenvalue weighted by Crippen LogP contribution is -2.03. The molecule has 1 aromatic carbocycles. The number of carbonyl (C=O) groups is 1. The molecule has 104 valence electrons. The van der Waals surface area contributed by atoms with E-state index in [1.54, 1.807) is 27.2 Å². The maximum atomic E-state index is 11.1. The lowest BCUT2D eigenvalue weighted by molar-refractivity contribution is -0.137. The first kappa shape index (κ1) is 14.9. The molecular formula is C14H19NO4. The summed E-state index contributed by atoms with van der Waals surface area (Å²) in [5, 5.41) is 3.14. The van der Waals surface area contributed by atoms with Gasteiger partial charge in [0.1, 0.15) is 11.5 Å². The highest BCUT2D eigenvalue weighted by Crippen LogP contribution is 2.28. The van der Waals surface area contributed by atoms with Gasteiger partial charge in [0.2, 0.25) is 0 Å². The number of ether oxygens (including phenoxy) is 3. The van der Waals surface area contributed by atoms with E-state index in [4.69, 9.17) is 14.2 Å². The van der Waals surface area contributed by atoms with Gasteiger partial charge in [-0.2, -0.15) is 0 Å². The summed E-state index contributed by atoms with van der Waals surface area (Å²) < 4.78 is 15.1. The minimum absolute atomic E-state index is 0.345.